The Morgan fingerprint density at radius 3 is 2.36 bits per heavy atom. The van der Waals surface area contributed by atoms with Crippen molar-refractivity contribution in [2.24, 2.45) is 5.92 Å². The van der Waals surface area contributed by atoms with E-state index in [0.29, 0.717) is 15.8 Å². The molecule has 1 heterocycles. The molecule has 0 aliphatic carbocycles. The van der Waals surface area contributed by atoms with Gasteiger partial charge in [-0.25, -0.2) is 4.79 Å². The lowest BCUT2D eigenvalue weighted by atomic mass is 9.98. The summed E-state index contributed by atoms with van der Waals surface area (Å²) < 4.78 is 0. The van der Waals surface area contributed by atoms with Crippen molar-refractivity contribution in [2.75, 3.05) is 29.6 Å². The molecule has 2 unspecified atom stereocenters. The van der Waals surface area contributed by atoms with Gasteiger partial charge in [-0.15, -0.1) is 10.2 Å². The van der Waals surface area contributed by atoms with Crippen molar-refractivity contribution in [2.45, 2.75) is 33.2 Å². The summed E-state index contributed by atoms with van der Waals surface area (Å²) in [5.74, 6) is -0.395. The van der Waals surface area contributed by atoms with Gasteiger partial charge in [-0.3, -0.25) is 10.1 Å². The molecule has 9 heteroatoms. The monoisotopic (exact) mass is 466 g/mol. The molecular formula is C24H30N6O2S. The molecule has 174 valence electrons. The SMILES string of the molecule is CCC(C)C(NC(=O)Nc1ccccc1C)C(=O)Nc1nnc(-c2ccc(N(C)C)cc2)s1. The average molecular weight is 467 g/mol. The smallest absolute Gasteiger partial charge is 0.319 e. The summed E-state index contributed by atoms with van der Waals surface area (Å²) in [6, 6.07) is 14.3. The van der Waals surface area contributed by atoms with E-state index in [9.17, 15) is 9.59 Å². The first-order chi connectivity index (χ1) is 15.8. The Balaban J connectivity index is 1.67. The number of rotatable bonds is 8. The first-order valence-corrected chi connectivity index (χ1v) is 11.7. The number of nitrogens with one attached hydrogen (secondary N) is 3. The zero-order valence-corrected chi connectivity index (χ0v) is 20.4. The van der Waals surface area contributed by atoms with E-state index in [2.05, 4.69) is 26.1 Å². The lowest BCUT2D eigenvalue weighted by Gasteiger charge is -2.23. The zero-order chi connectivity index (χ0) is 24.0. The molecule has 3 rings (SSSR count). The molecule has 0 saturated heterocycles. The van der Waals surface area contributed by atoms with Crippen molar-refractivity contribution in [3.63, 3.8) is 0 Å². The minimum absolute atomic E-state index is 0.0708. The van der Waals surface area contributed by atoms with E-state index in [1.165, 1.54) is 11.3 Å². The molecular weight excluding hydrogens is 436 g/mol. The van der Waals surface area contributed by atoms with Gasteiger partial charge in [0.05, 0.1) is 0 Å². The van der Waals surface area contributed by atoms with Crippen molar-refractivity contribution in [1.29, 1.82) is 0 Å². The molecule has 3 amide bonds. The second-order valence-electron chi connectivity index (χ2n) is 8.12. The van der Waals surface area contributed by atoms with E-state index in [1.807, 2.05) is 88.3 Å². The highest BCUT2D eigenvalue weighted by atomic mass is 32.1. The maximum atomic E-state index is 13.0. The number of aromatic nitrogens is 2. The summed E-state index contributed by atoms with van der Waals surface area (Å²) in [5.41, 5.74) is 3.65. The van der Waals surface area contributed by atoms with E-state index in [4.69, 9.17) is 0 Å². The molecule has 0 fully saturated rings. The normalized spacial score (nSPS) is 12.5. The maximum Gasteiger partial charge on any atom is 0.319 e. The third-order valence-corrected chi connectivity index (χ3v) is 6.35. The number of carbonyl (C=O) groups is 2. The lowest BCUT2D eigenvalue weighted by molar-refractivity contribution is -0.119. The molecule has 2 aromatic carbocycles. The van der Waals surface area contributed by atoms with Crippen molar-refractivity contribution in [1.82, 2.24) is 15.5 Å². The first-order valence-electron chi connectivity index (χ1n) is 10.8. The van der Waals surface area contributed by atoms with Crippen LogP contribution < -0.4 is 20.9 Å². The van der Waals surface area contributed by atoms with Crippen LogP contribution in [0.5, 0.6) is 0 Å². The van der Waals surface area contributed by atoms with Gasteiger partial charge in [0, 0.05) is 31.0 Å². The topological polar surface area (TPSA) is 99.2 Å². The van der Waals surface area contributed by atoms with Crippen LogP contribution in [0.2, 0.25) is 0 Å². The number of nitrogens with zero attached hydrogens (tertiary/aromatic N) is 3. The number of aryl methyl sites for hydroxylation is 1. The fraction of sp³-hybridized carbons (Fsp3) is 0.333. The lowest BCUT2D eigenvalue weighted by Crippen LogP contribution is -2.49. The Morgan fingerprint density at radius 2 is 1.73 bits per heavy atom. The number of hydrogen-bond donors (Lipinski definition) is 3. The number of benzene rings is 2. The molecule has 0 radical (unpaired) electrons. The number of hydrogen-bond acceptors (Lipinski definition) is 6. The minimum Gasteiger partial charge on any atom is -0.378 e. The Bertz CT molecular complexity index is 1100. The summed E-state index contributed by atoms with van der Waals surface area (Å²) >= 11 is 1.29. The van der Waals surface area contributed by atoms with Crippen LogP contribution in [0.1, 0.15) is 25.8 Å². The third-order valence-electron chi connectivity index (χ3n) is 5.46. The molecule has 8 nitrogen and oxygen atoms in total. The van der Waals surface area contributed by atoms with E-state index < -0.39 is 12.1 Å². The average Bonchev–Trinajstić information content (AvgIpc) is 3.27. The quantitative estimate of drug-likeness (QED) is 0.445. The second-order valence-corrected chi connectivity index (χ2v) is 9.10. The van der Waals surface area contributed by atoms with Crippen LogP contribution in [0.3, 0.4) is 0 Å². The highest BCUT2D eigenvalue weighted by Gasteiger charge is 2.27. The van der Waals surface area contributed by atoms with Crippen LogP contribution in [0.4, 0.5) is 21.3 Å². The van der Waals surface area contributed by atoms with Gasteiger partial charge in [0.2, 0.25) is 11.0 Å². The summed E-state index contributed by atoms with van der Waals surface area (Å²) in [6.07, 6.45) is 0.725. The van der Waals surface area contributed by atoms with E-state index >= 15 is 0 Å². The van der Waals surface area contributed by atoms with Gasteiger partial charge < -0.3 is 15.5 Å². The largest absolute Gasteiger partial charge is 0.378 e. The highest BCUT2D eigenvalue weighted by Crippen LogP contribution is 2.28. The van der Waals surface area contributed by atoms with Crippen molar-refractivity contribution in [3.8, 4) is 10.6 Å². The Labute approximate surface area is 198 Å². The van der Waals surface area contributed by atoms with Gasteiger partial charge in [-0.05, 0) is 48.7 Å². The maximum absolute atomic E-state index is 13.0. The van der Waals surface area contributed by atoms with Crippen molar-refractivity contribution in [3.05, 3.63) is 54.1 Å². The van der Waals surface area contributed by atoms with Crippen LogP contribution in [0.25, 0.3) is 10.6 Å². The van der Waals surface area contributed by atoms with Gasteiger partial charge in [0.1, 0.15) is 11.0 Å². The fourth-order valence-electron chi connectivity index (χ4n) is 3.19. The van der Waals surface area contributed by atoms with E-state index in [0.717, 1.165) is 23.2 Å². The van der Waals surface area contributed by atoms with E-state index in [1.54, 1.807) is 0 Å². The molecule has 3 N–H and O–H groups in total. The summed E-state index contributed by atoms with van der Waals surface area (Å²) in [6.45, 7) is 5.82. The minimum atomic E-state index is -0.717. The number of anilines is 3. The molecule has 1 aromatic heterocycles. The molecule has 0 aliphatic heterocycles. The van der Waals surface area contributed by atoms with Gasteiger partial charge in [0.15, 0.2) is 0 Å². The zero-order valence-electron chi connectivity index (χ0n) is 19.5. The Morgan fingerprint density at radius 1 is 1.03 bits per heavy atom. The summed E-state index contributed by atoms with van der Waals surface area (Å²) in [5, 5.41) is 17.9. The summed E-state index contributed by atoms with van der Waals surface area (Å²) in [4.78, 5) is 27.6. The predicted octanol–water partition coefficient (Wildman–Crippen LogP) is 4.75. The summed E-state index contributed by atoms with van der Waals surface area (Å²) in [7, 11) is 3.97. The van der Waals surface area contributed by atoms with Gasteiger partial charge in [-0.2, -0.15) is 0 Å². The number of para-hydroxylation sites is 1. The fourth-order valence-corrected chi connectivity index (χ4v) is 3.94. The first kappa shape index (κ1) is 24.2. The van der Waals surface area contributed by atoms with Gasteiger partial charge >= 0.3 is 6.03 Å². The Hall–Kier alpha value is -3.46. The number of carbonyl (C=O) groups excluding carboxylic acids is 2. The standard InChI is InChI=1S/C24H30N6O2S/c1-6-15(2)20(26-23(32)25-19-10-8-7-9-16(19)3)21(31)27-24-29-28-22(33-24)17-11-13-18(14-12-17)30(4)5/h7-15,20H,6H2,1-5H3,(H2,25,26,32)(H,27,29,31). The second kappa shape index (κ2) is 10.9. The third kappa shape index (κ3) is 6.29. The van der Waals surface area contributed by atoms with Crippen LogP contribution in [0.15, 0.2) is 48.5 Å². The van der Waals surface area contributed by atoms with Crippen LogP contribution in [0, 0.1) is 12.8 Å². The van der Waals surface area contributed by atoms with Crippen LogP contribution in [-0.2, 0) is 4.79 Å². The van der Waals surface area contributed by atoms with Crippen LogP contribution >= 0.6 is 11.3 Å². The van der Waals surface area contributed by atoms with Gasteiger partial charge in [0.25, 0.3) is 0 Å². The molecule has 0 bridgehead atoms. The number of urea groups is 1. The number of amides is 3. The molecule has 3 aromatic rings. The molecule has 33 heavy (non-hydrogen) atoms. The highest BCUT2D eigenvalue weighted by molar-refractivity contribution is 7.18. The molecule has 2 atom stereocenters. The van der Waals surface area contributed by atoms with E-state index in [-0.39, 0.29) is 11.8 Å². The van der Waals surface area contributed by atoms with Crippen molar-refractivity contribution >= 4 is 39.8 Å². The van der Waals surface area contributed by atoms with Crippen LogP contribution in [-0.4, -0.2) is 42.3 Å². The molecule has 0 aliphatic rings. The Kier molecular flexibility index (Phi) is 8.00. The molecule has 0 saturated carbocycles. The molecule has 0 spiro atoms. The van der Waals surface area contributed by atoms with Crippen molar-refractivity contribution < 1.29 is 9.59 Å². The predicted molar refractivity (Wildman–Crippen MR) is 135 cm³/mol. The van der Waals surface area contributed by atoms with Gasteiger partial charge in [-0.1, -0.05) is 49.8 Å².